The molecule has 3 aliphatic heterocycles. The average Bonchev–Trinajstić information content (AvgIpc) is 3.39. The Morgan fingerprint density at radius 3 is 2.58 bits per heavy atom. The summed E-state index contributed by atoms with van der Waals surface area (Å²) in [5, 5.41) is 6.14. The number of ether oxygens (including phenoxy) is 1. The fourth-order valence-corrected chi connectivity index (χ4v) is 5.52. The third-order valence-electron chi connectivity index (χ3n) is 6.94. The molecule has 3 aliphatic rings. The van der Waals surface area contributed by atoms with Crippen molar-refractivity contribution in [2.24, 2.45) is 17.6 Å². The zero-order valence-corrected chi connectivity index (χ0v) is 18.0. The van der Waals surface area contributed by atoms with E-state index in [4.69, 9.17) is 10.5 Å². The Kier molecular flexibility index (Phi) is 4.93. The molecule has 3 heterocycles. The quantitative estimate of drug-likeness (QED) is 0.563. The molecular weight excluding hydrogens is 424 g/mol. The van der Waals surface area contributed by atoms with Crippen LogP contribution in [0, 0.1) is 11.8 Å². The van der Waals surface area contributed by atoms with Gasteiger partial charge in [0.05, 0.1) is 25.5 Å². The van der Waals surface area contributed by atoms with Crippen LogP contribution in [0.2, 0.25) is 0 Å². The van der Waals surface area contributed by atoms with Gasteiger partial charge in [-0.05, 0) is 18.6 Å². The lowest BCUT2D eigenvalue weighted by atomic mass is 9.76. The molecule has 4 amide bonds. The molecule has 33 heavy (non-hydrogen) atoms. The van der Waals surface area contributed by atoms with Crippen molar-refractivity contribution in [3.63, 3.8) is 0 Å². The molecule has 4 atom stereocenters. The number of imide groups is 1. The molecule has 2 fully saturated rings. The van der Waals surface area contributed by atoms with E-state index in [2.05, 4.69) is 10.6 Å². The van der Waals surface area contributed by atoms with Crippen molar-refractivity contribution in [1.29, 1.82) is 0 Å². The molecule has 4 N–H and O–H groups in total. The van der Waals surface area contributed by atoms with Gasteiger partial charge in [0.2, 0.25) is 23.6 Å². The molecule has 2 aromatic rings. The minimum atomic E-state index is -1.38. The molecule has 0 radical (unpaired) electrons. The summed E-state index contributed by atoms with van der Waals surface area (Å²) < 4.78 is 5.39. The van der Waals surface area contributed by atoms with Crippen molar-refractivity contribution in [2.75, 3.05) is 12.4 Å². The van der Waals surface area contributed by atoms with Gasteiger partial charge in [-0.1, -0.05) is 36.4 Å². The predicted octanol–water partition coefficient (Wildman–Crippen LogP) is 0.881. The fourth-order valence-electron chi connectivity index (χ4n) is 5.52. The minimum Gasteiger partial charge on any atom is -0.496 e. The number of primary amides is 1. The van der Waals surface area contributed by atoms with Crippen LogP contribution in [-0.2, 0) is 31.3 Å². The number of nitrogens with two attached hydrogens (primary N) is 1. The van der Waals surface area contributed by atoms with Gasteiger partial charge < -0.3 is 15.8 Å². The van der Waals surface area contributed by atoms with Crippen LogP contribution in [0.15, 0.2) is 48.5 Å². The Morgan fingerprint density at radius 2 is 1.82 bits per heavy atom. The number of methoxy groups -OCH3 is 1. The Morgan fingerprint density at radius 1 is 1.09 bits per heavy atom. The fraction of sp³-hybridized carbons (Fsp3) is 0.333. The highest BCUT2D eigenvalue weighted by Crippen LogP contribution is 2.53. The summed E-state index contributed by atoms with van der Waals surface area (Å²) in [6, 6.07) is 13.8. The van der Waals surface area contributed by atoms with E-state index in [0.29, 0.717) is 22.6 Å². The van der Waals surface area contributed by atoms with Gasteiger partial charge >= 0.3 is 0 Å². The normalized spacial score (nSPS) is 27.6. The summed E-state index contributed by atoms with van der Waals surface area (Å²) in [6.07, 6.45) is 0.281. The van der Waals surface area contributed by atoms with E-state index >= 15 is 0 Å². The summed E-state index contributed by atoms with van der Waals surface area (Å²) in [5.74, 6) is -2.82. The van der Waals surface area contributed by atoms with E-state index in [-0.39, 0.29) is 31.2 Å². The lowest BCUT2D eigenvalue weighted by molar-refractivity contribution is -0.143. The standard InChI is InChI=1S/C24H24N4O5/c1-33-17-9-5-2-6-13(17)12-28-21(30)19-16(10-11-18(25)29)27-24(20(19)22(28)31)14-7-3-4-8-15(14)26-23(24)32/h2-9,16,19-20,27H,10-12H2,1H3,(H2,25,29)(H,26,32)/t16-,19-,20+,24+/m0/s1. The summed E-state index contributed by atoms with van der Waals surface area (Å²) in [7, 11) is 1.53. The SMILES string of the molecule is COc1ccccc1CN1C(=O)[C@H]2[C@H](CCC(N)=O)N[C@@]3(C(=O)Nc4ccccc43)[C@H]2C1=O. The number of hydrogen-bond donors (Lipinski definition) is 3. The van der Waals surface area contributed by atoms with E-state index in [9.17, 15) is 19.2 Å². The third kappa shape index (κ3) is 3.03. The number of para-hydroxylation sites is 2. The second-order valence-electron chi connectivity index (χ2n) is 8.64. The van der Waals surface area contributed by atoms with Crippen LogP contribution in [0.3, 0.4) is 0 Å². The zero-order valence-electron chi connectivity index (χ0n) is 18.0. The molecule has 0 aliphatic carbocycles. The van der Waals surface area contributed by atoms with Crippen molar-refractivity contribution < 1.29 is 23.9 Å². The van der Waals surface area contributed by atoms with Crippen molar-refractivity contribution in [3.05, 3.63) is 59.7 Å². The Bertz CT molecular complexity index is 1180. The summed E-state index contributed by atoms with van der Waals surface area (Å²) in [6.45, 7) is 0.0383. The van der Waals surface area contributed by atoms with Crippen molar-refractivity contribution >= 4 is 29.3 Å². The second kappa shape index (κ2) is 7.70. The Balaban J connectivity index is 1.57. The second-order valence-corrected chi connectivity index (χ2v) is 8.64. The van der Waals surface area contributed by atoms with Gasteiger partial charge in [0.25, 0.3) is 0 Å². The van der Waals surface area contributed by atoms with Gasteiger partial charge in [-0.15, -0.1) is 0 Å². The Labute approximate surface area is 190 Å². The monoisotopic (exact) mass is 448 g/mol. The smallest absolute Gasteiger partial charge is 0.250 e. The first kappa shape index (κ1) is 21.1. The maximum absolute atomic E-state index is 13.8. The lowest BCUT2D eigenvalue weighted by Crippen LogP contribution is -2.53. The molecule has 170 valence electrons. The molecule has 0 saturated carbocycles. The molecule has 9 heteroatoms. The number of benzene rings is 2. The molecule has 0 unspecified atom stereocenters. The van der Waals surface area contributed by atoms with Crippen LogP contribution in [0.5, 0.6) is 5.75 Å². The van der Waals surface area contributed by atoms with Crippen molar-refractivity contribution in [3.8, 4) is 5.75 Å². The van der Waals surface area contributed by atoms with Crippen LogP contribution in [-0.4, -0.2) is 41.7 Å². The number of nitrogens with zero attached hydrogens (tertiary/aromatic N) is 1. The summed E-state index contributed by atoms with van der Waals surface area (Å²) in [5.41, 5.74) is 5.90. The van der Waals surface area contributed by atoms with E-state index in [1.54, 1.807) is 36.4 Å². The highest BCUT2D eigenvalue weighted by Gasteiger charge is 2.70. The summed E-state index contributed by atoms with van der Waals surface area (Å²) >= 11 is 0. The number of rotatable bonds is 6. The van der Waals surface area contributed by atoms with Gasteiger partial charge in [-0.3, -0.25) is 29.4 Å². The molecule has 9 nitrogen and oxygen atoms in total. The number of fused-ring (bicyclic) bond motifs is 4. The summed E-state index contributed by atoms with van der Waals surface area (Å²) in [4.78, 5) is 53.4. The molecule has 2 saturated heterocycles. The Hall–Kier alpha value is -3.72. The van der Waals surface area contributed by atoms with E-state index in [0.717, 1.165) is 0 Å². The van der Waals surface area contributed by atoms with Crippen LogP contribution in [0.1, 0.15) is 24.0 Å². The average molecular weight is 448 g/mol. The first-order valence-electron chi connectivity index (χ1n) is 10.8. The van der Waals surface area contributed by atoms with E-state index in [1.807, 2.05) is 12.1 Å². The van der Waals surface area contributed by atoms with Crippen molar-refractivity contribution in [2.45, 2.75) is 31.0 Å². The third-order valence-corrected chi connectivity index (χ3v) is 6.94. The first-order chi connectivity index (χ1) is 15.9. The van der Waals surface area contributed by atoms with Crippen LogP contribution < -0.4 is 21.1 Å². The molecule has 0 bridgehead atoms. The van der Waals surface area contributed by atoms with Gasteiger partial charge in [-0.25, -0.2) is 0 Å². The number of nitrogens with one attached hydrogen (secondary N) is 2. The van der Waals surface area contributed by atoms with Gasteiger partial charge in [-0.2, -0.15) is 0 Å². The maximum atomic E-state index is 13.8. The van der Waals surface area contributed by atoms with Gasteiger partial charge in [0.1, 0.15) is 11.3 Å². The molecule has 1 spiro atoms. The topological polar surface area (TPSA) is 131 Å². The van der Waals surface area contributed by atoms with E-state index in [1.165, 1.54) is 12.0 Å². The maximum Gasteiger partial charge on any atom is 0.250 e. The minimum absolute atomic E-state index is 0.0359. The molecule has 5 rings (SSSR count). The number of amides is 4. The number of likely N-dealkylation sites (tertiary alicyclic amines) is 1. The highest BCUT2D eigenvalue weighted by molar-refractivity contribution is 6.15. The first-order valence-corrected chi connectivity index (χ1v) is 10.8. The number of anilines is 1. The van der Waals surface area contributed by atoms with Gasteiger partial charge in [0.15, 0.2) is 0 Å². The number of hydrogen-bond acceptors (Lipinski definition) is 6. The largest absolute Gasteiger partial charge is 0.496 e. The zero-order chi connectivity index (χ0) is 23.3. The highest BCUT2D eigenvalue weighted by atomic mass is 16.5. The molecule has 2 aromatic carbocycles. The number of carbonyl (C=O) groups is 4. The lowest BCUT2D eigenvalue weighted by Gasteiger charge is -2.29. The number of carbonyl (C=O) groups excluding carboxylic acids is 4. The predicted molar refractivity (Wildman–Crippen MR) is 118 cm³/mol. The van der Waals surface area contributed by atoms with Crippen LogP contribution in [0.25, 0.3) is 0 Å². The van der Waals surface area contributed by atoms with E-state index < -0.39 is 35.2 Å². The van der Waals surface area contributed by atoms with Crippen LogP contribution in [0.4, 0.5) is 5.69 Å². The van der Waals surface area contributed by atoms with Gasteiger partial charge in [0, 0.05) is 29.3 Å². The van der Waals surface area contributed by atoms with Crippen molar-refractivity contribution in [1.82, 2.24) is 10.2 Å². The molecular formula is C24H24N4O5. The molecule has 0 aromatic heterocycles. The van der Waals surface area contributed by atoms with Crippen LogP contribution >= 0.6 is 0 Å².